The molecular formula is C43H54F2N8O13P2S. The number of rotatable bonds is 17. The lowest BCUT2D eigenvalue weighted by atomic mass is 10.1. The van der Waals surface area contributed by atoms with Gasteiger partial charge in [-0.2, -0.15) is 0 Å². The molecule has 3 aliphatic rings. The Morgan fingerprint density at radius 2 is 1.57 bits per heavy atom. The van der Waals surface area contributed by atoms with Crippen molar-refractivity contribution in [3.05, 3.63) is 105 Å². The van der Waals surface area contributed by atoms with Gasteiger partial charge in [-0.15, -0.1) is 0 Å². The van der Waals surface area contributed by atoms with Crippen molar-refractivity contribution in [1.82, 2.24) is 35.2 Å². The second-order valence-corrected chi connectivity index (χ2v) is 20.7. The number of benzene rings is 2. The molecule has 0 bridgehead atoms. The molecule has 3 aromatic heterocycles. The fraction of sp³-hybridized carbons (Fsp3) is 0.488. The second kappa shape index (κ2) is 23.9. The van der Waals surface area contributed by atoms with Crippen LogP contribution in [0.2, 0.25) is 0 Å². The van der Waals surface area contributed by atoms with Crippen molar-refractivity contribution in [2.45, 2.75) is 113 Å². The number of nitrogen functional groups attached to an aromatic ring is 1. The van der Waals surface area contributed by atoms with Crippen LogP contribution in [0.3, 0.4) is 0 Å². The van der Waals surface area contributed by atoms with Gasteiger partial charge in [0.1, 0.15) is 47.8 Å². The summed E-state index contributed by atoms with van der Waals surface area (Å²) in [6.07, 6.45) is -0.862. The highest BCUT2D eigenvalue weighted by molar-refractivity contribution is 8.52. The van der Waals surface area contributed by atoms with Crippen molar-refractivity contribution >= 4 is 49.7 Å². The zero-order valence-electron chi connectivity index (χ0n) is 37.7. The Bertz CT molecular complexity index is 2650. The Morgan fingerprint density at radius 1 is 0.899 bits per heavy atom. The summed E-state index contributed by atoms with van der Waals surface area (Å²) in [4.78, 5) is 64.9. The first-order chi connectivity index (χ1) is 32.9. The van der Waals surface area contributed by atoms with Gasteiger partial charge in [-0.1, -0.05) is 75.4 Å². The Balaban J connectivity index is 0.00000703. The minimum absolute atomic E-state index is 0. The highest BCUT2D eigenvalue weighted by Crippen LogP contribution is 2.58. The standard InChI is InChI=1S/C43H51F2N7O13P2S.H3N/c1-2-3-4-5-6-7-8-9-20-58-28-16-12-27(13-17-28)42(54)61-29-14-10-26(11-15-29)23-68-66-59-21-30-37(34(45)41(62-30)52-25-49-35-38(46)47-24-48-39(35)52)65-67(56,57)60-22-31-36(64-66)33(44)40(63-31)51-19-18-32(53)50-43(51)55;/h10-19,24-25,30-31,33-34,36-37,40-41H,2-9,20-23H2,1H3,(H,56,57)(H2,46,47,48)(H,50,53,55);1H3/t30-,31-,33-,34-,36-,37-,40-,41-,66?;/m1./s1. The number of nitrogens with zero attached hydrogens (tertiary/aromatic N) is 5. The monoisotopic (exact) mass is 1020 g/mol. The Hall–Kier alpha value is -4.71. The van der Waals surface area contributed by atoms with E-state index in [0.29, 0.717) is 23.5 Å². The molecule has 0 aliphatic carbocycles. The highest BCUT2D eigenvalue weighted by Gasteiger charge is 2.52. The summed E-state index contributed by atoms with van der Waals surface area (Å²) in [5.74, 6) is 0.571. The van der Waals surface area contributed by atoms with Crippen LogP contribution in [0, 0.1) is 0 Å². The molecule has 2 aromatic carbocycles. The molecule has 0 radical (unpaired) electrons. The molecule has 10 atom stereocenters. The van der Waals surface area contributed by atoms with E-state index in [9.17, 15) is 23.8 Å². The number of phosphoric acid groups is 1. The van der Waals surface area contributed by atoms with Crippen LogP contribution in [-0.2, 0) is 37.9 Å². The number of fused-ring (bicyclic) bond motifs is 3. The third-order valence-corrected chi connectivity index (χ3v) is 15.4. The summed E-state index contributed by atoms with van der Waals surface area (Å²) in [6, 6.07) is 14.3. The maximum Gasteiger partial charge on any atom is 0.343 e. The first-order valence-corrected chi connectivity index (χ1v) is 26.3. The van der Waals surface area contributed by atoms with E-state index in [4.69, 9.17) is 42.8 Å². The maximum absolute atomic E-state index is 16.5. The van der Waals surface area contributed by atoms with Gasteiger partial charge < -0.3 is 53.8 Å². The van der Waals surface area contributed by atoms with E-state index in [2.05, 4.69) is 21.9 Å². The summed E-state index contributed by atoms with van der Waals surface area (Å²) >= 11 is 1.09. The van der Waals surface area contributed by atoms with Crippen LogP contribution in [0.15, 0.2) is 83.0 Å². The number of carbonyl (C=O) groups excluding carboxylic acids is 1. The van der Waals surface area contributed by atoms with E-state index < -0.39 is 95.0 Å². The summed E-state index contributed by atoms with van der Waals surface area (Å²) in [5.41, 5.74) is 5.48. The van der Waals surface area contributed by atoms with Crippen molar-refractivity contribution in [3.63, 3.8) is 0 Å². The molecule has 7 N–H and O–H groups in total. The summed E-state index contributed by atoms with van der Waals surface area (Å²) in [5, 5.41) is 0. The molecule has 0 saturated carbocycles. The van der Waals surface area contributed by atoms with Gasteiger partial charge in [-0.05, 0) is 48.4 Å². The number of esters is 1. The molecule has 0 spiro atoms. The van der Waals surface area contributed by atoms with E-state index in [1.807, 2.05) is 4.98 Å². The number of phosphoric ester groups is 1. The van der Waals surface area contributed by atoms with Gasteiger partial charge in [0.25, 0.3) is 13.4 Å². The van der Waals surface area contributed by atoms with E-state index in [-0.39, 0.29) is 34.6 Å². The number of alkyl halides is 2. The van der Waals surface area contributed by atoms with Gasteiger partial charge in [0.05, 0.1) is 31.7 Å². The van der Waals surface area contributed by atoms with Crippen molar-refractivity contribution in [3.8, 4) is 11.5 Å². The number of hydrogen-bond acceptors (Lipinski definition) is 18. The zero-order valence-corrected chi connectivity index (χ0v) is 40.3. The first kappa shape index (κ1) is 52.1. The largest absolute Gasteiger partial charge is 0.756 e. The predicted molar refractivity (Wildman–Crippen MR) is 248 cm³/mol. The van der Waals surface area contributed by atoms with Crippen molar-refractivity contribution < 1.29 is 60.1 Å². The second-order valence-electron chi connectivity index (χ2n) is 16.2. The number of nitrogens with two attached hydrogens (primary N) is 1. The number of quaternary nitrogens is 1. The number of H-pyrrole nitrogens is 1. The maximum atomic E-state index is 16.5. The molecule has 21 nitrogen and oxygen atoms in total. The van der Waals surface area contributed by atoms with Crippen molar-refractivity contribution in [1.29, 1.82) is 0 Å². The molecule has 3 aliphatic heterocycles. The number of nitrogens with one attached hydrogen (secondary N) is 1. The Labute approximate surface area is 399 Å². The van der Waals surface area contributed by atoms with Crippen LogP contribution in [-0.4, -0.2) is 91.6 Å². The average molecular weight is 1020 g/mol. The Morgan fingerprint density at radius 3 is 2.29 bits per heavy atom. The first-order valence-electron chi connectivity index (χ1n) is 22.1. The van der Waals surface area contributed by atoms with Gasteiger partial charge in [0.15, 0.2) is 36.3 Å². The molecule has 26 heteroatoms. The summed E-state index contributed by atoms with van der Waals surface area (Å²) < 4.78 is 94.2. The number of hydrogen-bond donors (Lipinski definition) is 3. The van der Waals surface area contributed by atoms with Gasteiger partial charge in [-0.25, -0.2) is 33.3 Å². The minimum atomic E-state index is -5.40. The van der Waals surface area contributed by atoms with Gasteiger partial charge in [0.2, 0.25) is 7.58 Å². The molecule has 2 unspecified atom stereocenters. The number of anilines is 1. The third kappa shape index (κ3) is 13.0. The molecule has 3 fully saturated rings. The van der Waals surface area contributed by atoms with Crippen LogP contribution in [0.1, 0.15) is 86.7 Å². The normalized spacial score (nSPS) is 27.1. The number of halogens is 2. The molecule has 0 amide bonds. The minimum Gasteiger partial charge on any atom is -0.756 e. The molecule has 8 rings (SSSR count). The molecule has 3 saturated heterocycles. The number of unbranched alkanes of at least 4 members (excludes halogenated alkanes) is 7. The quantitative estimate of drug-likeness (QED) is 0.0366. The van der Waals surface area contributed by atoms with Crippen LogP contribution < -0.4 is 37.5 Å². The van der Waals surface area contributed by atoms with E-state index in [1.165, 1.54) is 49.4 Å². The number of imidazole rings is 1. The molecule has 69 heavy (non-hydrogen) atoms. The topological polar surface area (TPSA) is 292 Å². The van der Waals surface area contributed by atoms with Crippen LogP contribution >= 0.6 is 26.8 Å². The smallest absolute Gasteiger partial charge is 0.343 e. The van der Waals surface area contributed by atoms with E-state index in [1.54, 1.807) is 48.5 Å². The zero-order chi connectivity index (χ0) is 47.8. The third-order valence-electron chi connectivity index (χ3n) is 11.3. The van der Waals surface area contributed by atoms with Crippen LogP contribution in [0.5, 0.6) is 11.5 Å². The summed E-state index contributed by atoms with van der Waals surface area (Å²) in [6.45, 7) is 1.40. The SMILES string of the molecule is CCCCCCCCCCOc1ccc(C(=O)Oc2ccc(CSP3OC[C@H]4O[C@@H](n5cnc6c(N)ncnc65)[C@H](F)[C@@H]4OP(=O)([O-])OC[C@H]4O[C@@H](n5ccc(=O)[nH]c5=O)[C@H](F)[C@@H]4O3)cc2)cc1.[NH4+]. The predicted octanol–water partition coefficient (Wildman–Crippen LogP) is 6.99. The fourth-order valence-corrected chi connectivity index (χ4v) is 11.7. The highest BCUT2D eigenvalue weighted by atomic mass is 32.7. The number of aromatic amines is 1. The van der Waals surface area contributed by atoms with Gasteiger partial charge in [0, 0.05) is 18.0 Å². The number of carbonyl (C=O) groups is 1. The van der Waals surface area contributed by atoms with Crippen molar-refractivity contribution in [2.75, 3.05) is 25.6 Å². The lowest BCUT2D eigenvalue weighted by Crippen LogP contribution is -2.38. The molecular weight excluding hydrogens is 969 g/mol. The molecule has 374 valence electrons. The summed E-state index contributed by atoms with van der Waals surface area (Å²) in [7, 11) is -7.63. The molecule has 5 aromatic rings. The van der Waals surface area contributed by atoms with Gasteiger partial charge in [-0.3, -0.25) is 23.5 Å². The van der Waals surface area contributed by atoms with Crippen LogP contribution in [0.4, 0.5) is 14.6 Å². The average Bonchev–Trinajstić information content (AvgIpc) is 3.98. The van der Waals surface area contributed by atoms with Crippen molar-refractivity contribution in [2.24, 2.45) is 0 Å². The fourth-order valence-electron chi connectivity index (χ4n) is 7.78. The number of aromatic nitrogens is 6. The van der Waals surface area contributed by atoms with Gasteiger partial charge >= 0.3 is 11.7 Å². The van der Waals surface area contributed by atoms with Crippen LogP contribution in [0.25, 0.3) is 11.2 Å². The lowest BCUT2D eigenvalue weighted by molar-refractivity contribution is -0.235. The lowest BCUT2D eigenvalue weighted by Gasteiger charge is -2.32. The molecule has 6 heterocycles. The number of ether oxygens (including phenoxy) is 4. The Kier molecular flexibility index (Phi) is 18.1. The van der Waals surface area contributed by atoms with E-state index in [0.717, 1.165) is 47.4 Å². The van der Waals surface area contributed by atoms with E-state index >= 15 is 8.78 Å².